The van der Waals surface area contributed by atoms with Gasteiger partial charge in [0, 0.05) is 31.5 Å². The van der Waals surface area contributed by atoms with E-state index in [1.165, 1.54) is 5.56 Å². The van der Waals surface area contributed by atoms with Crippen LogP contribution in [0.2, 0.25) is 5.28 Å². The van der Waals surface area contributed by atoms with Gasteiger partial charge in [-0.25, -0.2) is 14.8 Å². The maximum absolute atomic E-state index is 13.0. The molecule has 1 aliphatic rings. The average Bonchev–Trinajstić information content (AvgIpc) is 2.63. The number of halogens is 1. The number of urea groups is 1. The lowest BCUT2D eigenvalue weighted by atomic mass is 10.00. The first-order chi connectivity index (χ1) is 12.8. The van der Waals surface area contributed by atoms with E-state index in [0.29, 0.717) is 25.6 Å². The van der Waals surface area contributed by atoms with Crippen LogP contribution in [-0.2, 0) is 0 Å². The molecular weight excluding hydrogens is 362 g/mol. The van der Waals surface area contributed by atoms with Crippen LogP contribution in [-0.4, -0.2) is 46.6 Å². The van der Waals surface area contributed by atoms with Gasteiger partial charge in [0.05, 0.1) is 6.04 Å². The Labute approximate surface area is 165 Å². The number of nitrogens with one attached hydrogen (secondary N) is 1. The molecular formula is C20H26ClN5O. The maximum atomic E-state index is 13.0. The fourth-order valence-electron chi connectivity index (χ4n) is 3.48. The highest BCUT2D eigenvalue weighted by molar-refractivity contribution is 6.28. The molecule has 27 heavy (non-hydrogen) atoms. The molecule has 144 valence electrons. The van der Waals surface area contributed by atoms with E-state index in [4.69, 9.17) is 11.6 Å². The standard InChI is InChI=1S/C20H26ClN5O/c1-13(2)17-12-25(18-7-8-22-19(21)24-18)9-10-26(17)20(27)23-16-6-5-14(3)11-15(16)4/h5-8,11,13,17H,9-10,12H2,1-4H3,(H,23,27). The Morgan fingerprint density at radius 1 is 1.26 bits per heavy atom. The zero-order chi connectivity index (χ0) is 19.6. The van der Waals surface area contributed by atoms with Gasteiger partial charge in [-0.05, 0) is 49.1 Å². The minimum absolute atomic E-state index is 0.0546. The van der Waals surface area contributed by atoms with E-state index in [1.54, 1.807) is 6.20 Å². The summed E-state index contributed by atoms with van der Waals surface area (Å²) < 4.78 is 0. The van der Waals surface area contributed by atoms with Crippen molar-refractivity contribution in [1.82, 2.24) is 14.9 Å². The molecule has 0 aliphatic carbocycles. The molecule has 1 N–H and O–H groups in total. The summed E-state index contributed by atoms with van der Waals surface area (Å²) in [5, 5.41) is 3.32. The maximum Gasteiger partial charge on any atom is 0.322 e. The van der Waals surface area contributed by atoms with Crippen LogP contribution in [0, 0.1) is 19.8 Å². The van der Waals surface area contributed by atoms with Crippen LogP contribution in [0.15, 0.2) is 30.5 Å². The number of nitrogens with zero attached hydrogens (tertiary/aromatic N) is 4. The van der Waals surface area contributed by atoms with Gasteiger partial charge in [0.2, 0.25) is 5.28 Å². The quantitative estimate of drug-likeness (QED) is 0.804. The number of carbonyl (C=O) groups excluding carboxylic acids is 1. The van der Waals surface area contributed by atoms with Crippen LogP contribution in [0.1, 0.15) is 25.0 Å². The molecule has 1 unspecified atom stereocenters. The van der Waals surface area contributed by atoms with E-state index in [0.717, 1.165) is 17.1 Å². The molecule has 2 heterocycles. The highest BCUT2D eigenvalue weighted by Crippen LogP contribution is 2.24. The Balaban J connectivity index is 1.74. The minimum Gasteiger partial charge on any atom is -0.353 e. The lowest BCUT2D eigenvalue weighted by Gasteiger charge is -2.43. The lowest BCUT2D eigenvalue weighted by molar-refractivity contribution is 0.156. The highest BCUT2D eigenvalue weighted by atomic mass is 35.5. The molecule has 2 aromatic rings. The summed E-state index contributed by atoms with van der Waals surface area (Å²) in [5.41, 5.74) is 3.11. The van der Waals surface area contributed by atoms with Crippen molar-refractivity contribution >= 4 is 29.1 Å². The number of hydrogen-bond donors (Lipinski definition) is 1. The van der Waals surface area contributed by atoms with Crippen molar-refractivity contribution in [3.05, 3.63) is 46.9 Å². The van der Waals surface area contributed by atoms with Crippen LogP contribution in [0.25, 0.3) is 0 Å². The Morgan fingerprint density at radius 2 is 2.04 bits per heavy atom. The molecule has 1 fully saturated rings. The van der Waals surface area contributed by atoms with Crippen molar-refractivity contribution in [3.63, 3.8) is 0 Å². The molecule has 1 atom stereocenters. The van der Waals surface area contributed by atoms with E-state index < -0.39 is 0 Å². The summed E-state index contributed by atoms with van der Waals surface area (Å²) in [6.45, 7) is 10.4. The number of aryl methyl sites for hydroxylation is 2. The summed E-state index contributed by atoms with van der Waals surface area (Å²) in [4.78, 5) is 25.3. The second kappa shape index (κ2) is 8.13. The number of carbonyl (C=O) groups is 1. The number of rotatable bonds is 3. The van der Waals surface area contributed by atoms with Gasteiger partial charge in [-0.3, -0.25) is 0 Å². The van der Waals surface area contributed by atoms with Crippen molar-refractivity contribution in [1.29, 1.82) is 0 Å². The van der Waals surface area contributed by atoms with Gasteiger partial charge in [-0.2, -0.15) is 0 Å². The molecule has 3 rings (SSSR count). The van der Waals surface area contributed by atoms with E-state index in [9.17, 15) is 4.79 Å². The number of hydrogen-bond acceptors (Lipinski definition) is 4. The third kappa shape index (κ3) is 4.50. The zero-order valence-corrected chi connectivity index (χ0v) is 17.0. The van der Waals surface area contributed by atoms with Crippen molar-refractivity contribution in [3.8, 4) is 0 Å². The van der Waals surface area contributed by atoms with Crippen LogP contribution in [0.5, 0.6) is 0 Å². The fraction of sp³-hybridized carbons (Fsp3) is 0.450. The fourth-order valence-corrected chi connectivity index (χ4v) is 3.63. The van der Waals surface area contributed by atoms with E-state index in [-0.39, 0.29) is 17.4 Å². The molecule has 1 saturated heterocycles. The molecule has 0 saturated carbocycles. The van der Waals surface area contributed by atoms with Crippen molar-refractivity contribution in [2.24, 2.45) is 5.92 Å². The minimum atomic E-state index is -0.0546. The summed E-state index contributed by atoms with van der Waals surface area (Å²) in [5.74, 6) is 1.12. The van der Waals surface area contributed by atoms with Crippen LogP contribution in [0.4, 0.5) is 16.3 Å². The monoisotopic (exact) mass is 387 g/mol. The summed E-state index contributed by atoms with van der Waals surface area (Å²) in [7, 11) is 0. The van der Waals surface area contributed by atoms with E-state index in [1.807, 2.05) is 36.9 Å². The topological polar surface area (TPSA) is 61.4 Å². The molecule has 0 spiro atoms. The van der Waals surface area contributed by atoms with Crippen molar-refractivity contribution < 1.29 is 4.79 Å². The van der Waals surface area contributed by atoms with Crippen molar-refractivity contribution in [2.75, 3.05) is 29.9 Å². The van der Waals surface area contributed by atoms with Gasteiger partial charge < -0.3 is 15.1 Å². The predicted octanol–water partition coefficient (Wildman–Crippen LogP) is 4.13. The van der Waals surface area contributed by atoms with Gasteiger partial charge in [0.15, 0.2) is 0 Å². The number of piperazine rings is 1. The number of aromatic nitrogens is 2. The smallest absolute Gasteiger partial charge is 0.322 e. The zero-order valence-electron chi connectivity index (χ0n) is 16.2. The Morgan fingerprint density at radius 3 is 2.70 bits per heavy atom. The second-order valence-corrected chi connectivity index (χ2v) is 7.72. The number of anilines is 2. The Bertz CT molecular complexity index is 826. The molecule has 1 aromatic heterocycles. The predicted molar refractivity (Wildman–Crippen MR) is 110 cm³/mol. The van der Waals surface area contributed by atoms with Gasteiger partial charge in [0.1, 0.15) is 5.82 Å². The number of amides is 2. The largest absolute Gasteiger partial charge is 0.353 e. The number of benzene rings is 1. The molecule has 1 aliphatic heterocycles. The molecule has 1 aromatic carbocycles. The molecule has 6 nitrogen and oxygen atoms in total. The van der Waals surface area contributed by atoms with Gasteiger partial charge in [-0.1, -0.05) is 31.5 Å². The summed E-state index contributed by atoms with van der Waals surface area (Å²) >= 11 is 5.93. The SMILES string of the molecule is Cc1ccc(NC(=O)N2CCN(c3ccnc(Cl)n3)CC2C(C)C)c(C)c1. The summed E-state index contributed by atoms with van der Waals surface area (Å²) in [6, 6.07) is 7.94. The van der Waals surface area contributed by atoms with Gasteiger partial charge in [-0.15, -0.1) is 0 Å². The first kappa shape index (κ1) is 19.4. The Kier molecular flexibility index (Phi) is 5.85. The van der Waals surface area contributed by atoms with Crippen LogP contribution < -0.4 is 10.2 Å². The van der Waals surface area contributed by atoms with Crippen LogP contribution in [0.3, 0.4) is 0 Å². The van der Waals surface area contributed by atoms with Gasteiger partial charge >= 0.3 is 6.03 Å². The van der Waals surface area contributed by atoms with Crippen molar-refractivity contribution in [2.45, 2.75) is 33.7 Å². The van der Waals surface area contributed by atoms with Crippen LogP contribution >= 0.6 is 11.6 Å². The average molecular weight is 388 g/mol. The van der Waals surface area contributed by atoms with Gasteiger partial charge in [0.25, 0.3) is 0 Å². The third-order valence-electron chi connectivity index (χ3n) is 5.01. The third-order valence-corrected chi connectivity index (χ3v) is 5.19. The summed E-state index contributed by atoms with van der Waals surface area (Å²) in [6.07, 6.45) is 1.66. The Hall–Kier alpha value is -2.34. The first-order valence-corrected chi connectivity index (χ1v) is 9.61. The molecule has 2 amide bonds. The molecule has 0 radical (unpaired) electrons. The molecule has 0 bridgehead atoms. The second-order valence-electron chi connectivity index (χ2n) is 7.38. The lowest BCUT2D eigenvalue weighted by Crippen LogP contribution is -2.58. The van der Waals surface area contributed by atoms with E-state index >= 15 is 0 Å². The normalized spacial score (nSPS) is 17.3. The highest BCUT2D eigenvalue weighted by Gasteiger charge is 2.33. The van der Waals surface area contributed by atoms with E-state index in [2.05, 4.69) is 40.1 Å². The first-order valence-electron chi connectivity index (χ1n) is 9.23. The molecule has 7 heteroatoms.